The van der Waals surface area contributed by atoms with E-state index >= 15 is 0 Å². The highest BCUT2D eigenvalue weighted by Gasteiger charge is 2.35. The van der Waals surface area contributed by atoms with Crippen LogP contribution >= 0.6 is 0 Å². The van der Waals surface area contributed by atoms with Crippen molar-refractivity contribution in [2.45, 2.75) is 26.9 Å². The molecular weight excluding hydrogens is 128 g/mol. The van der Waals surface area contributed by atoms with Crippen LogP contribution in [0.5, 0.6) is 0 Å². The second-order valence-corrected chi connectivity index (χ2v) is 4.08. The van der Waals surface area contributed by atoms with E-state index in [-0.39, 0.29) is 11.5 Å². The molecule has 0 aromatic rings. The van der Waals surface area contributed by atoms with Crippen molar-refractivity contribution in [1.82, 2.24) is 0 Å². The van der Waals surface area contributed by atoms with Crippen LogP contribution in [0.2, 0.25) is 0 Å². The van der Waals surface area contributed by atoms with Crippen molar-refractivity contribution in [3.05, 3.63) is 0 Å². The summed E-state index contributed by atoms with van der Waals surface area (Å²) in [5.41, 5.74) is 0.177. The third kappa shape index (κ3) is 1.50. The molecule has 0 spiro atoms. The normalized spacial score (nSPS) is 34.8. The Morgan fingerprint density at radius 2 is 1.90 bits per heavy atom. The minimum Gasteiger partial charge on any atom is -0.390 e. The summed E-state index contributed by atoms with van der Waals surface area (Å²) in [6.07, 6.45) is -0.250. The minimum absolute atomic E-state index is 0.177. The van der Waals surface area contributed by atoms with Crippen LogP contribution < -0.4 is 0 Å². The van der Waals surface area contributed by atoms with Gasteiger partial charge in [0.15, 0.2) is 0 Å². The first-order valence-corrected chi connectivity index (χ1v) is 3.77. The van der Waals surface area contributed by atoms with Crippen molar-refractivity contribution in [1.29, 1.82) is 0 Å². The molecule has 0 unspecified atom stereocenters. The third-order valence-corrected chi connectivity index (χ3v) is 2.16. The Bertz CT molecular complexity index is 115. The van der Waals surface area contributed by atoms with Crippen molar-refractivity contribution < 1.29 is 9.84 Å². The molecule has 60 valence electrons. The number of aliphatic hydroxyl groups excluding tert-OH is 1. The van der Waals surface area contributed by atoms with Gasteiger partial charge in [-0.1, -0.05) is 20.8 Å². The fourth-order valence-electron chi connectivity index (χ4n) is 1.37. The number of aliphatic hydroxyl groups is 1. The zero-order valence-electron chi connectivity index (χ0n) is 6.92. The first-order valence-electron chi connectivity index (χ1n) is 3.77. The maximum atomic E-state index is 9.40. The van der Waals surface area contributed by atoms with Gasteiger partial charge in [0.1, 0.15) is 0 Å². The molecule has 0 amide bonds. The molecular formula is C8H16O2. The van der Waals surface area contributed by atoms with E-state index < -0.39 is 0 Å². The summed E-state index contributed by atoms with van der Waals surface area (Å²) in [6.45, 7) is 7.63. The second kappa shape index (κ2) is 2.51. The Labute approximate surface area is 62.2 Å². The van der Waals surface area contributed by atoms with Crippen LogP contribution in [-0.4, -0.2) is 24.4 Å². The molecule has 2 nitrogen and oxygen atoms in total. The van der Waals surface area contributed by atoms with Crippen molar-refractivity contribution >= 4 is 0 Å². The van der Waals surface area contributed by atoms with Crippen LogP contribution in [0, 0.1) is 11.3 Å². The molecule has 10 heavy (non-hydrogen) atoms. The topological polar surface area (TPSA) is 29.5 Å². The van der Waals surface area contributed by atoms with E-state index in [1.54, 1.807) is 0 Å². The molecule has 2 heteroatoms. The van der Waals surface area contributed by atoms with E-state index in [9.17, 15) is 5.11 Å². The van der Waals surface area contributed by atoms with Gasteiger partial charge >= 0.3 is 0 Å². The van der Waals surface area contributed by atoms with Gasteiger partial charge in [-0.3, -0.25) is 0 Å². The summed E-state index contributed by atoms with van der Waals surface area (Å²) in [5.74, 6) is 0.312. The SMILES string of the molecule is CC(C)(C)[C@@H]1COC[C@H]1O. The average Bonchev–Trinajstić information content (AvgIpc) is 2.11. The highest BCUT2D eigenvalue weighted by Crippen LogP contribution is 2.32. The van der Waals surface area contributed by atoms with Gasteiger partial charge in [-0.25, -0.2) is 0 Å². The van der Waals surface area contributed by atoms with Crippen LogP contribution in [0.25, 0.3) is 0 Å². The molecule has 1 aliphatic rings. The van der Waals surface area contributed by atoms with Gasteiger partial charge in [-0.15, -0.1) is 0 Å². The molecule has 1 heterocycles. The molecule has 0 aliphatic carbocycles. The standard InChI is InChI=1S/C8H16O2/c1-8(2,3)6-4-10-5-7(6)9/h6-7,9H,4-5H2,1-3H3/t6-,7-/m1/s1. The van der Waals surface area contributed by atoms with Gasteiger partial charge in [-0.2, -0.15) is 0 Å². The predicted octanol–water partition coefficient (Wildman–Crippen LogP) is 1.04. The molecule has 1 fully saturated rings. The van der Waals surface area contributed by atoms with Gasteiger partial charge in [0, 0.05) is 5.92 Å². The molecule has 1 aliphatic heterocycles. The molecule has 1 saturated heterocycles. The molecule has 0 bridgehead atoms. The Hall–Kier alpha value is -0.0800. The van der Waals surface area contributed by atoms with E-state index in [0.29, 0.717) is 19.1 Å². The summed E-state index contributed by atoms with van der Waals surface area (Å²) < 4.78 is 5.15. The summed E-state index contributed by atoms with van der Waals surface area (Å²) in [4.78, 5) is 0. The van der Waals surface area contributed by atoms with E-state index in [2.05, 4.69) is 20.8 Å². The van der Waals surface area contributed by atoms with Gasteiger partial charge in [0.25, 0.3) is 0 Å². The molecule has 0 aromatic heterocycles. The van der Waals surface area contributed by atoms with Crippen LogP contribution in [0.15, 0.2) is 0 Å². The lowest BCUT2D eigenvalue weighted by atomic mass is 9.79. The van der Waals surface area contributed by atoms with E-state index in [1.807, 2.05) is 0 Å². The number of hydrogen-bond donors (Lipinski definition) is 1. The third-order valence-electron chi connectivity index (χ3n) is 2.16. The molecule has 0 aromatic carbocycles. The van der Waals surface area contributed by atoms with Gasteiger partial charge in [0.05, 0.1) is 19.3 Å². The smallest absolute Gasteiger partial charge is 0.0828 e. The quantitative estimate of drug-likeness (QED) is 0.550. The summed E-state index contributed by atoms with van der Waals surface area (Å²) in [7, 11) is 0. The highest BCUT2D eigenvalue weighted by atomic mass is 16.5. The highest BCUT2D eigenvalue weighted by molar-refractivity contribution is 4.83. The lowest BCUT2D eigenvalue weighted by Gasteiger charge is -2.27. The van der Waals surface area contributed by atoms with E-state index in [0.717, 1.165) is 0 Å². The summed E-state index contributed by atoms with van der Waals surface area (Å²) in [5, 5.41) is 9.40. The van der Waals surface area contributed by atoms with Crippen molar-refractivity contribution in [2.75, 3.05) is 13.2 Å². The molecule has 1 rings (SSSR count). The second-order valence-electron chi connectivity index (χ2n) is 4.08. The van der Waals surface area contributed by atoms with Crippen LogP contribution in [0.3, 0.4) is 0 Å². The van der Waals surface area contributed by atoms with Gasteiger partial charge in [0.2, 0.25) is 0 Å². The maximum Gasteiger partial charge on any atom is 0.0828 e. The van der Waals surface area contributed by atoms with Crippen molar-refractivity contribution in [3.63, 3.8) is 0 Å². The first kappa shape index (κ1) is 8.02. The van der Waals surface area contributed by atoms with Crippen molar-refractivity contribution in [3.8, 4) is 0 Å². The average molecular weight is 144 g/mol. The first-order chi connectivity index (χ1) is 4.52. The Morgan fingerprint density at radius 1 is 1.30 bits per heavy atom. The van der Waals surface area contributed by atoms with E-state index in [1.165, 1.54) is 0 Å². The largest absolute Gasteiger partial charge is 0.390 e. The zero-order valence-corrected chi connectivity index (χ0v) is 6.92. The summed E-state index contributed by atoms with van der Waals surface area (Å²) >= 11 is 0. The lowest BCUT2D eigenvalue weighted by Crippen LogP contribution is -2.30. The Kier molecular flexibility index (Phi) is 2.02. The fourth-order valence-corrected chi connectivity index (χ4v) is 1.37. The Morgan fingerprint density at radius 3 is 2.10 bits per heavy atom. The summed E-state index contributed by atoms with van der Waals surface area (Å²) in [6, 6.07) is 0. The van der Waals surface area contributed by atoms with Crippen LogP contribution in [0.4, 0.5) is 0 Å². The van der Waals surface area contributed by atoms with Crippen LogP contribution in [-0.2, 0) is 4.74 Å². The Balaban J connectivity index is 2.55. The van der Waals surface area contributed by atoms with Crippen LogP contribution in [0.1, 0.15) is 20.8 Å². The zero-order chi connectivity index (χ0) is 7.78. The number of rotatable bonds is 0. The predicted molar refractivity (Wildman–Crippen MR) is 39.8 cm³/mol. The monoisotopic (exact) mass is 144 g/mol. The fraction of sp³-hybridized carbons (Fsp3) is 1.00. The van der Waals surface area contributed by atoms with E-state index in [4.69, 9.17) is 4.74 Å². The molecule has 0 radical (unpaired) electrons. The number of ether oxygens (including phenoxy) is 1. The number of hydrogen-bond acceptors (Lipinski definition) is 2. The minimum atomic E-state index is -0.250. The maximum absolute atomic E-state index is 9.40. The van der Waals surface area contributed by atoms with Gasteiger partial charge < -0.3 is 9.84 Å². The van der Waals surface area contributed by atoms with Gasteiger partial charge in [-0.05, 0) is 5.41 Å². The molecule has 1 N–H and O–H groups in total. The molecule has 2 atom stereocenters. The molecule has 0 saturated carbocycles. The van der Waals surface area contributed by atoms with Crippen molar-refractivity contribution in [2.24, 2.45) is 11.3 Å². The lowest BCUT2D eigenvalue weighted by molar-refractivity contribution is 0.0816.